The third-order valence-electron chi connectivity index (χ3n) is 6.23. The molecule has 5 rings (SSSR count). The minimum atomic E-state index is -0.297. The van der Waals surface area contributed by atoms with Crippen LogP contribution in [0.15, 0.2) is 48.5 Å². The maximum Gasteiger partial charge on any atom is 0.322 e. The van der Waals surface area contributed by atoms with Crippen molar-refractivity contribution in [3.05, 3.63) is 54.1 Å². The molecule has 1 N–H and O–H groups in total. The molecule has 180 valence electrons. The van der Waals surface area contributed by atoms with Gasteiger partial charge in [-0.1, -0.05) is 18.2 Å². The molecule has 2 aromatic rings. The van der Waals surface area contributed by atoms with E-state index in [0.29, 0.717) is 56.5 Å². The van der Waals surface area contributed by atoms with Crippen LogP contribution in [-0.2, 0) is 9.47 Å². The Morgan fingerprint density at radius 2 is 1.76 bits per heavy atom. The Labute approximate surface area is 198 Å². The highest BCUT2D eigenvalue weighted by Gasteiger charge is 2.31. The monoisotopic (exact) mass is 467 g/mol. The lowest BCUT2D eigenvalue weighted by Gasteiger charge is -2.36. The number of benzene rings is 2. The van der Waals surface area contributed by atoms with E-state index in [1.165, 1.54) is 0 Å². The highest BCUT2D eigenvalue weighted by atomic mass is 16.7. The molecule has 9 heteroatoms. The van der Waals surface area contributed by atoms with Crippen molar-refractivity contribution in [1.29, 1.82) is 0 Å². The van der Waals surface area contributed by atoms with E-state index in [-0.39, 0.29) is 30.9 Å². The molecule has 0 spiro atoms. The maximum atomic E-state index is 13.5. The Morgan fingerprint density at radius 1 is 0.971 bits per heavy atom. The molecule has 0 aromatic heterocycles. The summed E-state index contributed by atoms with van der Waals surface area (Å²) in [6, 6.07) is 14.4. The normalized spacial score (nSPS) is 21.4. The number of para-hydroxylation sites is 1. The zero-order chi connectivity index (χ0) is 23.3. The number of urea groups is 1. The number of hydrogen-bond donors (Lipinski definition) is 1. The average Bonchev–Trinajstić information content (AvgIpc) is 3.55. The zero-order valence-corrected chi connectivity index (χ0v) is 19.0. The predicted octanol–water partition coefficient (Wildman–Crippen LogP) is 2.97. The number of amides is 3. The van der Waals surface area contributed by atoms with Crippen molar-refractivity contribution < 1.29 is 28.5 Å². The summed E-state index contributed by atoms with van der Waals surface area (Å²) in [6.45, 7) is 3.02. The Hall–Kier alpha value is -3.30. The van der Waals surface area contributed by atoms with Gasteiger partial charge in [0.1, 0.15) is 0 Å². The number of carbonyl (C=O) groups excluding carboxylic acids is 2. The lowest BCUT2D eigenvalue weighted by Crippen LogP contribution is -2.52. The number of nitrogens with one attached hydrogen (secondary N) is 1. The maximum absolute atomic E-state index is 13.5. The summed E-state index contributed by atoms with van der Waals surface area (Å²) < 4.78 is 22.6. The van der Waals surface area contributed by atoms with E-state index in [0.717, 1.165) is 18.5 Å². The SMILES string of the molecule is O=C(Nc1ccccc1)N1CCO[C@@H](CN(C[C@H]2CCCO2)C(=O)c2ccc3c(c2)OCO3)C1. The topological polar surface area (TPSA) is 89.6 Å². The number of ether oxygens (including phenoxy) is 4. The first kappa shape index (κ1) is 22.5. The molecular formula is C25H29N3O6. The van der Waals surface area contributed by atoms with Crippen LogP contribution in [0.4, 0.5) is 10.5 Å². The molecule has 3 amide bonds. The van der Waals surface area contributed by atoms with E-state index in [4.69, 9.17) is 18.9 Å². The molecule has 3 heterocycles. The van der Waals surface area contributed by atoms with Gasteiger partial charge in [0.05, 0.1) is 25.4 Å². The number of carbonyl (C=O) groups is 2. The summed E-state index contributed by atoms with van der Waals surface area (Å²) >= 11 is 0. The summed E-state index contributed by atoms with van der Waals surface area (Å²) in [4.78, 5) is 29.8. The summed E-state index contributed by atoms with van der Waals surface area (Å²) in [5, 5.41) is 2.92. The van der Waals surface area contributed by atoms with E-state index in [9.17, 15) is 9.59 Å². The van der Waals surface area contributed by atoms with Gasteiger partial charge >= 0.3 is 6.03 Å². The molecule has 2 aromatic carbocycles. The molecule has 3 aliphatic rings. The summed E-state index contributed by atoms with van der Waals surface area (Å²) in [7, 11) is 0. The lowest BCUT2D eigenvalue weighted by molar-refractivity contribution is -0.0315. The zero-order valence-electron chi connectivity index (χ0n) is 19.0. The molecule has 0 aliphatic carbocycles. The van der Waals surface area contributed by atoms with Gasteiger partial charge in [0.2, 0.25) is 6.79 Å². The number of nitrogens with zero attached hydrogens (tertiary/aromatic N) is 2. The average molecular weight is 468 g/mol. The molecule has 0 saturated carbocycles. The predicted molar refractivity (Wildman–Crippen MR) is 124 cm³/mol. The van der Waals surface area contributed by atoms with Crippen LogP contribution in [0.25, 0.3) is 0 Å². The Morgan fingerprint density at radius 3 is 2.59 bits per heavy atom. The van der Waals surface area contributed by atoms with Crippen LogP contribution < -0.4 is 14.8 Å². The van der Waals surface area contributed by atoms with Crippen LogP contribution in [0.1, 0.15) is 23.2 Å². The Balaban J connectivity index is 1.26. The van der Waals surface area contributed by atoms with Crippen LogP contribution in [0.2, 0.25) is 0 Å². The van der Waals surface area contributed by atoms with Gasteiger partial charge in [-0.2, -0.15) is 0 Å². The van der Waals surface area contributed by atoms with Gasteiger partial charge in [-0.3, -0.25) is 4.79 Å². The highest BCUT2D eigenvalue weighted by molar-refractivity contribution is 5.95. The minimum Gasteiger partial charge on any atom is -0.454 e. The molecule has 0 radical (unpaired) electrons. The molecule has 34 heavy (non-hydrogen) atoms. The first-order chi connectivity index (χ1) is 16.7. The molecule has 0 unspecified atom stereocenters. The second-order valence-corrected chi connectivity index (χ2v) is 8.65. The third-order valence-corrected chi connectivity index (χ3v) is 6.23. The Bertz CT molecular complexity index is 1010. The van der Waals surface area contributed by atoms with Gasteiger partial charge in [0.15, 0.2) is 11.5 Å². The number of anilines is 1. The third kappa shape index (κ3) is 5.26. The van der Waals surface area contributed by atoms with E-state index >= 15 is 0 Å². The number of morpholine rings is 1. The van der Waals surface area contributed by atoms with E-state index in [1.807, 2.05) is 30.3 Å². The van der Waals surface area contributed by atoms with Crippen molar-refractivity contribution in [1.82, 2.24) is 9.80 Å². The molecule has 2 saturated heterocycles. The molecule has 0 bridgehead atoms. The van der Waals surface area contributed by atoms with Gasteiger partial charge in [0, 0.05) is 37.5 Å². The second-order valence-electron chi connectivity index (χ2n) is 8.65. The molecule has 2 atom stereocenters. The van der Waals surface area contributed by atoms with Gasteiger partial charge in [-0.05, 0) is 43.2 Å². The summed E-state index contributed by atoms with van der Waals surface area (Å²) in [5.74, 6) is 1.08. The van der Waals surface area contributed by atoms with E-state index in [2.05, 4.69) is 5.32 Å². The van der Waals surface area contributed by atoms with Crippen molar-refractivity contribution in [3.63, 3.8) is 0 Å². The van der Waals surface area contributed by atoms with Gasteiger partial charge in [0.25, 0.3) is 5.91 Å². The molecular weight excluding hydrogens is 438 g/mol. The first-order valence-corrected chi connectivity index (χ1v) is 11.7. The Kier molecular flexibility index (Phi) is 6.82. The fourth-order valence-corrected chi connectivity index (χ4v) is 4.47. The largest absolute Gasteiger partial charge is 0.454 e. The van der Waals surface area contributed by atoms with Crippen molar-refractivity contribution in [2.75, 3.05) is 51.5 Å². The minimum absolute atomic E-state index is 0.000895. The van der Waals surface area contributed by atoms with Gasteiger partial charge in [-0.25, -0.2) is 4.79 Å². The van der Waals surface area contributed by atoms with Crippen LogP contribution in [0, 0.1) is 0 Å². The van der Waals surface area contributed by atoms with Gasteiger partial charge in [-0.15, -0.1) is 0 Å². The molecule has 9 nitrogen and oxygen atoms in total. The first-order valence-electron chi connectivity index (χ1n) is 11.7. The number of rotatable bonds is 6. The number of fused-ring (bicyclic) bond motifs is 1. The standard InChI is InChI=1S/C25H29N3O6/c29-24(18-8-9-22-23(13-18)34-17-33-22)28(14-20-7-4-11-31-20)16-21-15-27(10-12-32-21)25(30)26-19-5-2-1-3-6-19/h1-3,5-6,8-9,13,20-21H,4,7,10-12,14-17H2,(H,26,30)/t20-,21-/m1/s1. The molecule has 2 fully saturated rings. The summed E-state index contributed by atoms with van der Waals surface area (Å²) in [5.41, 5.74) is 1.27. The van der Waals surface area contributed by atoms with Crippen LogP contribution in [-0.4, -0.2) is 80.1 Å². The smallest absolute Gasteiger partial charge is 0.322 e. The second kappa shape index (κ2) is 10.3. The number of hydrogen-bond acceptors (Lipinski definition) is 6. The van der Waals surface area contributed by atoms with E-state index < -0.39 is 0 Å². The van der Waals surface area contributed by atoms with Gasteiger partial charge < -0.3 is 34.1 Å². The van der Waals surface area contributed by atoms with Crippen molar-refractivity contribution in [2.45, 2.75) is 25.0 Å². The fraction of sp³-hybridized carbons (Fsp3) is 0.440. The fourth-order valence-electron chi connectivity index (χ4n) is 4.47. The highest BCUT2D eigenvalue weighted by Crippen LogP contribution is 2.33. The quantitative estimate of drug-likeness (QED) is 0.703. The lowest BCUT2D eigenvalue weighted by atomic mass is 10.1. The van der Waals surface area contributed by atoms with Crippen LogP contribution >= 0.6 is 0 Å². The van der Waals surface area contributed by atoms with Crippen LogP contribution in [0.5, 0.6) is 11.5 Å². The summed E-state index contributed by atoms with van der Waals surface area (Å²) in [6.07, 6.45) is 1.61. The van der Waals surface area contributed by atoms with Crippen molar-refractivity contribution in [2.24, 2.45) is 0 Å². The van der Waals surface area contributed by atoms with Crippen molar-refractivity contribution >= 4 is 17.6 Å². The molecule has 3 aliphatic heterocycles. The van der Waals surface area contributed by atoms with Crippen molar-refractivity contribution in [3.8, 4) is 11.5 Å². The van der Waals surface area contributed by atoms with E-state index in [1.54, 1.807) is 28.0 Å². The van der Waals surface area contributed by atoms with Crippen LogP contribution in [0.3, 0.4) is 0 Å².